The van der Waals surface area contributed by atoms with Crippen LogP contribution in [0.4, 0.5) is 5.69 Å². The van der Waals surface area contributed by atoms with Gasteiger partial charge in [0, 0.05) is 23.0 Å². The van der Waals surface area contributed by atoms with E-state index in [9.17, 15) is 4.79 Å². The number of pyridine rings is 1. The Bertz CT molecular complexity index is 859. The summed E-state index contributed by atoms with van der Waals surface area (Å²) in [6.07, 6.45) is 1.91. The van der Waals surface area contributed by atoms with E-state index >= 15 is 0 Å². The molecule has 3 aromatic rings. The van der Waals surface area contributed by atoms with Gasteiger partial charge >= 0.3 is 0 Å². The molecule has 0 fully saturated rings. The van der Waals surface area contributed by atoms with Crippen LogP contribution in [0.25, 0.3) is 0 Å². The number of aryl methyl sites for hydroxylation is 2. The van der Waals surface area contributed by atoms with Crippen molar-refractivity contribution in [3.63, 3.8) is 0 Å². The zero-order chi connectivity index (χ0) is 17.6. The van der Waals surface area contributed by atoms with Gasteiger partial charge in [-0.3, -0.25) is 9.78 Å². The first-order valence-corrected chi connectivity index (χ1v) is 8.82. The summed E-state index contributed by atoms with van der Waals surface area (Å²) in [4.78, 5) is 20.7. The molecule has 0 bridgehead atoms. The number of carbonyl (C=O) groups excluding carboxylic acids is 1. The van der Waals surface area contributed by atoms with Gasteiger partial charge in [0.2, 0.25) is 5.91 Å². The number of hydrogen-bond donors (Lipinski definition) is 1. The van der Waals surface area contributed by atoms with Gasteiger partial charge in [-0.25, -0.2) is 4.98 Å². The molecule has 3 rings (SSSR count). The summed E-state index contributed by atoms with van der Waals surface area (Å²) in [6.45, 7) is 4.32. The molecule has 0 aliphatic rings. The number of thiazole rings is 1. The van der Waals surface area contributed by atoms with Crippen LogP contribution >= 0.6 is 11.3 Å². The summed E-state index contributed by atoms with van der Waals surface area (Å²) >= 11 is 1.50. The Morgan fingerprint density at radius 1 is 1.20 bits per heavy atom. The van der Waals surface area contributed by atoms with E-state index in [-0.39, 0.29) is 12.3 Å². The van der Waals surface area contributed by atoms with E-state index in [0.29, 0.717) is 6.61 Å². The summed E-state index contributed by atoms with van der Waals surface area (Å²) in [7, 11) is 0. The zero-order valence-electron chi connectivity index (χ0n) is 14.2. The maximum Gasteiger partial charge on any atom is 0.230 e. The number of carbonyl (C=O) groups is 1. The molecule has 0 spiro atoms. The summed E-state index contributed by atoms with van der Waals surface area (Å²) in [5.74, 6) is 0.718. The molecule has 0 radical (unpaired) electrons. The Morgan fingerprint density at radius 3 is 2.76 bits per heavy atom. The smallest absolute Gasteiger partial charge is 0.230 e. The van der Waals surface area contributed by atoms with Crippen LogP contribution in [-0.2, 0) is 17.8 Å². The van der Waals surface area contributed by atoms with Crippen LogP contribution in [0.1, 0.15) is 22.0 Å². The second-order valence-electron chi connectivity index (χ2n) is 5.75. The van der Waals surface area contributed by atoms with Gasteiger partial charge < -0.3 is 10.1 Å². The zero-order valence-corrected chi connectivity index (χ0v) is 15.0. The highest BCUT2D eigenvalue weighted by molar-refractivity contribution is 7.09. The minimum atomic E-state index is -0.0955. The standard InChI is InChI=1S/C19H19N3O2S/c1-13-3-5-17(6-4-13)24-11-19-22-16(12-25-19)10-18(23)21-15-7-8-20-14(2)9-15/h3-9,12H,10-11H2,1-2H3,(H,20,21,23). The van der Waals surface area contributed by atoms with E-state index in [0.717, 1.165) is 27.8 Å². The predicted molar refractivity (Wildman–Crippen MR) is 98.9 cm³/mol. The lowest BCUT2D eigenvalue weighted by Gasteiger charge is -2.05. The summed E-state index contributed by atoms with van der Waals surface area (Å²) in [6, 6.07) is 11.5. The van der Waals surface area contributed by atoms with Crippen LogP contribution < -0.4 is 10.1 Å². The van der Waals surface area contributed by atoms with Gasteiger partial charge in [0.15, 0.2) is 0 Å². The van der Waals surface area contributed by atoms with Gasteiger partial charge in [0.05, 0.1) is 12.1 Å². The number of nitrogens with zero attached hydrogens (tertiary/aromatic N) is 2. The van der Waals surface area contributed by atoms with Crippen molar-refractivity contribution in [2.24, 2.45) is 0 Å². The average molecular weight is 353 g/mol. The van der Waals surface area contributed by atoms with Crippen LogP contribution in [0.3, 0.4) is 0 Å². The lowest BCUT2D eigenvalue weighted by molar-refractivity contribution is -0.115. The number of hydrogen-bond acceptors (Lipinski definition) is 5. The molecule has 128 valence electrons. The number of aromatic nitrogens is 2. The molecule has 0 unspecified atom stereocenters. The molecule has 0 aliphatic heterocycles. The first-order chi connectivity index (χ1) is 12.1. The molecule has 0 saturated heterocycles. The normalized spacial score (nSPS) is 10.5. The minimum Gasteiger partial charge on any atom is -0.486 e. The second-order valence-corrected chi connectivity index (χ2v) is 6.69. The molecule has 1 aromatic carbocycles. The SMILES string of the molecule is Cc1ccc(OCc2nc(CC(=O)Nc3ccnc(C)c3)cs2)cc1. The third-order valence-corrected chi connectivity index (χ3v) is 4.38. The van der Waals surface area contributed by atoms with Crippen molar-refractivity contribution < 1.29 is 9.53 Å². The summed E-state index contributed by atoms with van der Waals surface area (Å²) in [5, 5.41) is 5.60. The Hall–Kier alpha value is -2.73. The Labute approximate surface area is 150 Å². The molecule has 6 heteroatoms. The Morgan fingerprint density at radius 2 is 2.00 bits per heavy atom. The van der Waals surface area contributed by atoms with Gasteiger partial charge in [-0.05, 0) is 38.1 Å². The number of ether oxygens (including phenoxy) is 1. The molecular weight excluding hydrogens is 334 g/mol. The maximum atomic E-state index is 12.1. The van der Waals surface area contributed by atoms with Gasteiger partial charge in [-0.15, -0.1) is 11.3 Å². The summed E-state index contributed by atoms with van der Waals surface area (Å²) < 4.78 is 5.71. The molecule has 1 amide bonds. The molecule has 0 aliphatic carbocycles. The molecule has 5 nitrogen and oxygen atoms in total. The monoisotopic (exact) mass is 353 g/mol. The largest absolute Gasteiger partial charge is 0.486 e. The maximum absolute atomic E-state index is 12.1. The molecule has 25 heavy (non-hydrogen) atoms. The number of nitrogens with one attached hydrogen (secondary N) is 1. The van der Waals surface area contributed by atoms with E-state index in [1.807, 2.05) is 49.6 Å². The fraction of sp³-hybridized carbons (Fsp3) is 0.211. The van der Waals surface area contributed by atoms with Crippen LogP contribution in [0, 0.1) is 13.8 Å². The van der Waals surface area contributed by atoms with Crippen LogP contribution in [0.15, 0.2) is 48.0 Å². The third kappa shape index (κ3) is 5.12. The number of rotatable bonds is 6. The second kappa shape index (κ2) is 7.90. The molecule has 0 saturated carbocycles. The quantitative estimate of drug-likeness (QED) is 0.730. The van der Waals surface area contributed by atoms with Gasteiger partial charge in [0.25, 0.3) is 0 Å². The lowest BCUT2D eigenvalue weighted by atomic mass is 10.2. The number of anilines is 1. The lowest BCUT2D eigenvalue weighted by Crippen LogP contribution is -2.14. The topological polar surface area (TPSA) is 64.1 Å². The highest BCUT2D eigenvalue weighted by Crippen LogP contribution is 2.17. The van der Waals surface area contributed by atoms with Gasteiger partial charge in [-0.1, -0.05) is 17.7 Å². The van der Waals surface area contributed by atoms with Crippen molar-refractivity contribution in [2.75, 3.05) is 5.32 Å². The first kappa shape index (κ1) is 17.1. The predicted octanol–water partition coefficient (Wildman–Crippen LogP) is 3.92. The molecule has 0 atom stereocenters. The van der Waals surface area contributed by atoms with Crippen LogP contribution in [0.2, 0.25) is 0 Å². The van der Waals surface area contributed by atoms with Crippen molar-refractivity contribution in [3.8, 4) is 5.75 Å². The number of benzene rings is 1. The Balaban J connectivity index is 1.52. The fourth-order valence-electron chi connectivity index (χ4n) is 2.27. The van der Waals surface area contributed by atoms with Crippen molar-refractivity contribution in [3.05, 3.63) is 69.9 Å². The van der Waals surface area contributed by atoms with Crippen molar-refractivity contribution in [1.29, 1.82) is 0 Å². The average Bonchev–Trinajstić information content (AvgIpc) is 3.01. The first-order valence-electron chi connectivity index (χ1n) is 7.94. The van der Waals surface area contributed by atoms with Crippen molar-refractivity contribution in [2.45, 2.75) is 26.9 Å². The van der Waals surface area contributed by atoms with E-state index in [2.05, 4.69) is 15.3 Å². The number of amides is 1. The minimum absolute atomic E-state index is 0.0955. The van der Waals surface area contributed by atoms with E-state index in [1.165, 1.54) is 16.9 Å². The van der Waals surface area contributed by atoms with Crippen LogP contribution in [-0.4, -0.2) is 15.9 Å². The Kier molecular flexibility index (Phi) is 5.40. The van der Waals surface area contributed by atoms with E-state index < -0.39 is 0 Å². The highest BCUT2D eigenvalue weighted by atomic mass is 32.1. The van der Waals surface area contributed by atoms with Gasteiger partial charge in [-0.2, -0.15) is 0 Å². The van der Waals surface area contributed by atoms with Crippen molar-refractivity contribution >= 4 is 22.9 Å². The highest BCUT2D eigenvalue weighted by Gasteiger charge is 2.09. The van der Waals surface area contributed by atoms with Gasteiger partial charge in [0.1, 0.15) is 17.4 Å². The van der Waals surface area contributed by atoms with Crippen LogP contribution in [0.5, 0.6) is 5.75 Å². The molecular formula is C19H19N3O2S. The molecule has 2 heterocycles. The third-order valence-electron chi connectivity index (χ3n) is 3.50. The molecule has 1 N–H and O–H groups in total. The van der Waals surface area contributed by atoms with E-state index in [4.69, 9.17) is 4.74 Å². The summed E-state index contributed by atoms with van der Waals surface area (Å²) in [5.41, 5.74) is 3.55. The fourth-order valence-corrected chi connectivity index (χ4v) is 2.97. The van der Waals surface area contributed by atoms with E-state index in [1.54, 1.807) is 12.3 Å². The molecule has 2 aromatic heterocycles. The van der Waals surface area contributed by atoms with Crippen molar-refractivity contribution in [1.82, 2.24) is 9.97 Å².